The predicted molar refractivity (Wildman–Crippen MR) is 88.9 cm³/mol. The number of nitrogens with zero attached hydrogens (tertiary/aromatic N) is 5. The summed E-state index contributed by atoms with van der Waals surface area (Å²) in [6.45, 7) is 1.40. The van der Waals surface area contributed by atoms with Crippen LogP contribution in [0.15, 0.2) is 36.8 Å². The molecule has 0 saturated heterocycles. The van der Waals surface area contributed by atoms with Gasteiger partial charge in [0.25, 0.3) is 5.91 Å². The first-order valence-corrected chi connectivity index (χ1v) is 7.55. The van der Waals surface area contributed by atoms with Gasteiger partial charge in [-0.1, -0.05) is 23.7 Å². The Morgan fingerprint density at radius 2 is 2.08 bits per heavy atom. The summed E-state index contributed by atoms with van der Waals surface area (Å²) in [5.41, 5.74) is 1.58. The van der Waals surface area contributed by atoms with Gasteiger partial charge in [-0.3, -0.25) is 14.9 Å². The molecule has 2 aromatic heterocycles. The van der Waals surface area contributed by atoms with Crippen molar-refractivity contribution < 1.29 is 14.7 Å². The minimum Gasteiger partial charge on any atom is -0.480 e. The van der Waals surface area contributed by atoms with Crippen molar-refractivity contribution in [2.24, 2.45) is 0 Å². The van der Waals surface area contributed by atoms with Gasteiger partial charge >= 0.3 is 5.97 Å². The summed E-state index contributed by atoms with van der Waals surface area (Å²) < 4.78 is 2.67. The molecule has 2 heterocycles. The van der Waals surface area contributed by atoms with E-state index >= 15 is 0 Å². The number of carboxylic acid groups (broad SMARTS) is 1. The van der Waals surface area contributed by atoms with Crippen LogP contribution in [0.4, 0.5) is 5.95 Å². The molecule has 0 radical (unpaired) electrons. The van der Waals surface area contributed by atoms with Gasteiger partial charge in [-0.2, -0.15) is 5.10 Å². The van der Waals surface area contributed by atoms with Gasteiger partial charge in [0.15, 0.2) is 0 Å². The van der Waals surface area contributed by atoms with Gasteiger partial charge < -0.3 is 5.11 Å². The Morgan fingerprint density at radius 3 is 2.80 bits per heavy atom. The minimum absolute atomic E-state index is 0.0103. The van der Waals surface area contributed by atoms with Crippen molar-refractivity contribution in [3.63, 3.8) is 0 Å². The van der Waals surface area contributed by atoms with Gasteiger partial charge in [-0.25, -0.2) is 14.3 Å². The molecule has 0 aliphatic carbocycles. The van der Waals surface area contributed by atoms with Crippen LogP contribution < -0.4 is 5.32 Å². The summed E-state index contributed by atoms with van der Waals surface area (Å²) in [5, 5.41) is 19.8. The van der Waals surface area contributed by atoms with Crippen molar-refractivity contribution in [2.75, 3.05) is 5.32 Å². The molecule has 25 heavy (non-hydrogen) atoms. The molecule has 0 spiro atoms. The molecule has 1 amide bonds. The summed E-state index contributed by atoms with van der Waals surface area (Å²) in [5.74, 6) is -1.50. The average Bonchev–Trinajstić information content (AvgIpc) is 3.14. The molecule has 1 aromatic carbocycles. The number of benzene rings is 1. The van der Waals surface area contributed by atoms with Crippen molar-refractivity contribution >= 4 is 29.4 Å². The van der Waals surface area contributed by atoms with E-state index in [0.717, 1.165) is 4.68 Å². The van der Waals surface area contributed by atoms with Gasteiger partial charge in [0, 0.05) is 0 Å². The molecule has 128 valence electrons. The first-order chi connectivity index (χ1) is 12.0. The molecule has 0 aliphatic heterocycles. The molecular weight excluding hydrogens is 348 g/mol. The number of hydrogen-bond donors (Lipinski definition) is 2. The highest BCUT2D eigenvalue weighted by Gasteiger charge is 2.18. The first kappa shape index (κ1) is 16.7. The van der Waals surface area contributed by atoms with Crippen LogP contribution in [0.3, 0.4) is 0 Å². The number of anilines is 1. The molecule has 3 rings (SSSR count). The van der Waals surface area contributed by atoms with Crippen LogP contribution in [0.25, 0.3) is 5.69 Å². The Balaban J connectivity index is 1.81. The van der Waals surface area contributed by atoms with E-state index in [1.165, 1.54) is 12.5 Å². The molecule has 0 unspecified atom stereocenters. The maximum Gasteiger partial charge on any atom is 0.325 e. The summed E-state index contributed by atoms with van der Waals surface area (Å²) in [6, 6.07) is 7.15. The van der Waals surface area contributed by atoms with Gasteiger partial charge in [-0.15, -0.1) is 5.10 Å². The van der Waals surface area contributed by atoms with Crippen LogP contribution in [0, 0.1) is 6.92 Å². The van der Waals surface area contributed by atoms with Crippen molar-refractivity contribution in [1.29, 1.82) is 0 Å². The molecule has 0 bridgehead atoms. The summed E-state index contributed by atoms with van der Waals surface area (Å²) in [7, 11) is 0. The Labute approximate surface area is 146 Å². The number of carboxylic acids is 1. The highest BCUT2D eigenvalue weighted by atomic mass is 35.5. The third-order valence-electron chi connectivity index (χ3n) is 3.39. The zero-order valence-electron chi connectivity index (χ0n) is 13.0. The lowest BCUT2D eigenvalue weighted by Crippen LogP contribution is -2.15. The fourth-order valence-electron chi connectivity index (χ4n) is 2.23. The van der Waals surface area contributed by atoms with Crippen molar-refractivity contribution in [2.45, 2.75) is 13.5 Å². The molecule has 2 N–H and O–H groups in total. The van der Waals surface area contributed by atoms with E-state index in [2.05, 4.69) is 20.5 Å². The van der Waals surface area contributed by atoms with Crippen LogP contribution in [0.1, 0.15) is 16.1 Å². The zero-order chi connectivity index (χ0) is 18.0. The van der Waals surface area contributed by atoms with E-state index in [9.17, 15) is 9.59 Å². The number of aliphatic carboxylic acids is 1. The molecule has 0 aliphatic rings. The van der Waals surface area contributed by atoms with Crippen LogP contribution in [-0.4, -0.2) is 41.5 Å². The maximum absolute atomic E-state index is 12.4. The lowest BCUT2D eigenvalue weighted by molar-refractivity contribution is -0.137. The zero-order valence-corrected chi connectivity index (χ0v) is 13.8. The number of carbonyl (C=O) groups excluding carboxylic acids is 1. The van der Waals surface area contributed by atoms with Crippen LogP contribution in [0.2, 0.25) is 5.02 Å². The Kier molecular flexibility index (Phi) is 4.48. The molecule has 0 fully saturated rings. The van der Waals surface area contributed by atoms with Crippen LogP contribution in [0.5, 0.6) is 0 Å². The second-order valence-electron chi connectivity index (χ2n) is 5.12. The number of aromatic nitrogens is 5. The van der Waals surface area contributed by atoms with E-state index in [1.54, 1.807) is 29.8 Å². The highest BCUT2D eigenvalue weighted by Crippen LogP contribution is 2.22. The van der Waals surface area contributed by atoms with E-state index in [-0.39, 0.29) is 12.5 Å². The molecule has 10 heteroatoms. The molecule has 0 saturated carbocycles. The molecule has 9 nitrogen and oxygen atoms in total. The second-order valence-corrected chi connectivity index (χ2v) is 5.53. The topological polar surface area (TPSA) is 115 Å². The van der Waals surface area contributed by atoms with Crippen molar-refractivity contribution in [3.8, 4) is 5.69 Å². The first-order valence-electron chi connectivity index (χ1n) is 7.18. The van der Waals surface area contributed by atoms with Gasteiger partial charge in [-0.05, 0) is 19.1 Å². The number of hydrogen-bond acceptors (Lipinski definition) is 5. The number of para-hydroxylation sites is 1. The number of carbonyl (C=O) groups is 2. The molecule has 0 atom stereocenters. The van der Waals surface area contributed by atoms with Crippen LogP contribution >= 0.6 is 11.6 Å². The van der Waals surface area contributed by atoms with E-state index < -0.39 is 11.9 Å². The normalized spacial score (nSPS) is 10.6. The van der Waals surface area contributed by atoms with Gasteiger partial charge in [0.05, 0.1) is 28.2 Å². The monoisotopic (exact) mass is 360 g/mol. The number of halogens is 1. The smallest absolute Gasteiger partial charge is 0.325 e. The van der Waals surface area contributed by atoms with Crippen molar-refractivity contribution in [1.82, 2.24) is 24.5 Å². The largest absolute Gasteiger partial charge is 0.480 e. The van der Waals surface area contributed by atoms with E-state index in [1.807, 2.05) is 6.07 Å². The summed E-state index contributed by atoms with van der Waals surface area (Å²) in [6.07, 6.45) is 2.64. The Bertz CT molecular complexity index is 948. The number of amides is 1. The Hall–Kier alpha value is -3.20. The lowest BCUT2D eigenvalue weighted by atomic mass is 10.2. The number of nitrogens with one attached hydrogen (secondary N) is 1. The standard InChI is InChI=1S/C15H13ClN6O3/c1-9-10(6-18-22(9)12-5-3-2-4-11(12)16)14(25)19-15-17-8-21(20-15)7-13(23)24/h2-6,8H,7H2,1H3,(H,23,24)(H,19,20,25). The van der Waals surface area contributed by atoms with Gasteiger partial charge in [0.1, 0.15) is 12.9 Å². The average molecular weight is 361 g/mol. The fraction of sp³-hybridized carbons (Fsp3) is 0.133. The predicted octanol–water partition coefficient (Wildman–Crippen LogP) is 1.76. The van der Waals surface area contributed by atoms with Gasteiger partial charge in [0.2, 0.25) is 5.95 Å². The van der Waals surface area contributed by atoms with E-state index in [0.29, 0.717) is 22.0 Å². The molecular formula is C15H13ClN6O3. The minimum atomic E-state index is -1.06. The van der Waals surface area contributed by atoms with Crippen molar-refractivity contribution in [3.05, 3.63) is 53.1 Å². The van der Waals surface area contributed by atoms with Crippen LogP contribution in [-0.2, 0) is 11.3 Å². The second kappa shape index (κ2) is 6.73. The third kappa shape index (κ3) is 3.50. The number of rotatable bonds is 5. The lowest BCUT2D eigenvalue weighted by Gasteiger charge is -2.07. The maximum atomic E-state index is 12.4. The summed E-state index contributed by atoms with van der Waals surface area (Å²) in [4.78, 5) is 26.9. The fourth-order valence-corrected chi connectivity index (χ4v) is 2.45. The molecule has 3 aromatic rings. The summed E-state index contributed by atoms with van der Waals surface area (Å²) >= 11 is 6.16. The third-order valence-corrected chi connectivity index (χ3v) is 3.71. The quantitative estimate of drug-likeness (QED) is 0.716. The SMILES string of the molecule is Cc1c(C(=O)Nc2ncn(CC(=O)O)n2)cnn1-c1ccccc1Cl. The van der Waals surface area contributed by atoms with E-state index in [4.69, 9.17) is 16.7 Å². The highest BCUT2D eigenvalue weighted by molar-refractivity contribution is 6.32. The Morgan fingerprint density at radius 1 is 1.32 bits per heavy atom.